The Bertz CT molecular complexity index is 434. The Labute approximate surface area is 115 Å². The highest BCUT2D eigenvalue weighted by molar-refractivity contribution is 5.52. The molecule has 2 rings (SSSR count). The van der Waals surface area contributed by atoms with Gasteiger partial charge in [0, 0.05) is 17.8 Å². The van der Waals surface area contributed by atoms with Gasteiger partial charge in [0.1, 0.15) is 5.82 Å². The van der Waals surface area contributed by atoms with E-state index in [1.807, 2.05) is 19.9 Å². The van der Waals surface area contributed by atoms with Crippen molar-refractivity contribution in [2.24, 2.45) is 0 Å². The first-order valence-electron chi connectivity index (χ1n) is 7.13. The zero-order valence-electron chi connectivity index (χ0n) is 11.9. The standard InChI is InChI=1S/C15H24N2O2/c1-11-8-12(2)16-15(14(11)10-19)17-7-5-3-4-6-13(17)9-18/h8,13,18-19H,3-7,9-10H2,1-2H3. The van der Waals surface area contributed by atoms with Gasteiger partial charge in [-0.2, -0.15) is 0 Å². The van der Waals surface area contributed by atoms with E-state index in [1.165, 1.54) is 6.42 Å². The first-order chi connectivity index (χ1) is 9.17. The molecule has 0 saturated carbocycles. The van der Waals surface area contributed by atoms with Crippen molar-refractivity contribution in [3.05, 3.63) is 22.9 Å². The number of nitrogens with zero attached hydrogens (tertiary/aromatic N) is 2. The molecule has 106 valence electrons. The second-order valence-electron chi connectivity index (χ2n) is 5.42. The van der Waals surface area contributed by atoms with Gasteiger partial charge >= 0.3 is 0 Å². The Morgan fingerprint density at radius 1 is 1.26 bits per heavy atom. The van der Waals surface area contributed by atoms with Crippen molar-refractivity contribution in [2.75, 3.05) is 18.1 Å². The molecule has 0 radical (unpaired) electrons. The van der Waals surface area contributed by atoms with Crippen LogP contribution in [0.25, 0.3) is 0 Å². The van der Waals surface area contributed by atoms with Crippen LogP contribution < -0.4 is 4.90 Å². The molecule has 0 aromatic carbocycles. The smallest absolute Gasteiger partial charge is 0.134 e. The largest absolute Gasteiger partial charge is 0.394 e. The van der Waals surface area contributed by atoms with Gasteiger partial charge < -0.3 is 15.1 Å². The topological polar surface area (TPSA) is 56.6 Å². The molecule has 1 fully saturated rings. The van der Waals surface area contributed by atoms with Crippen LogP contribution in [-0.2, 0) is 6.61 Å². The predicted octanol–water partition coefficient (Wildman–Crippen LogP) is 1.93. The molecule has 0 aliphatic carbocycles. The third-order valence-electron chi connectivity index (χ3n) is 3.97. The molecular formula is C15H24N2O2. The van der Waals surface area contributed by atoms with Crippen molar-refractivity contribution >= 4 is 5.82 Å². The van der Waals surface area contributed by atoms with Crippen LogP contribution in [0.15, 0.2) is 6.07 Å². The molecule has 1 atom stereocenters. The van der Waals surface area contributed by atoms with Crippen LogP contribution in [0.4, 0.5) is 5.82 Å². The van der Waals surface area contributed by atoms with Gasteiger partial charge in [0.2, 0.25) is 0 Å². The molecule has 19 heavy (non-hydrogen) atoms. The van der Waals surface area contributed by atoms with Crippen molar-refractivity contribution in [2.45, 2.75) is 52.2 Å². The van der Waals surface area contributed by atoms with Crippen molar-refractivity contribution in [3.63, 3.8) is 0 Å². The number of rotatable bonds is 3. The van der Waals surface area contributed by atoms with Crippen LogP contribution in [-0.4, -0.2) is 34.4 Å². The number of aliphatic hydroxyl groups excluding tert-OH is 2. The highest BCUT2D eigenvalue weighted by atomic mass is 16.3. The monoisotopic (exact) mass is 264 g/mol. The molecule has 1 aromatic rings. The molecule has 2 heterocycles. The lowest BCUT2D eigenvalue weighted by atomic mass is 10.1. The van der Waals surface area contributed by atoms with Gasteiger partial charge in [-0.1, -0.05) is 12.8 Å². The molecule has 1 aliphatic rings. The molecule has 4 nitrogen and oxygen atoms in total. The van der Waals surface area contributed by atoms with Crippen LogP contribution in [0.1, 0.15) is 42.5 Å². The molecule has 0 spiro atoms. The lowest BCUT2D eigenvalue weighted by Gasteiger charge is -2.32. The quantitative estimate of drug-likeness (QED) is 0.876. The maximum Gasteiger partial charge on any atom is 0.134 e. The number of aromatic nitrogens is 1. The summed E-state index contributed by atoms with van der Waals surface area (Å²) in [6, 6.07) is 2.13. The Hall–Kier alpha value is -1.13. The molecule has 1 saturated heterocycles. The number of pyridine rings is 1. The van der Waals surface area contributed by atoms with E-state index in [0.29, 0.717) is 0 Å². The van der Waals surface area contributed by atoms with E-state index < -0.39 is 0 Å². The highest BCUT2D eigenvalue weighted by Crippen LogP contribution is 2.28. The van der Waals surface area contributed by atoms with E-state index in [1.54, 1.807) is 0 Å². The summed E-state index contributed by atoms with van der Waals surface area (Å²) in [6.07, 6.45) is 4.47. The molecule has 2 N–H and O–H groups in total. The van der Waals surface area contributed by atoms with Gasteiger partial charge in [-0.05, 0) is 38.3 Å². The summed E-state index contributed by atoms with van der Waals surface area (Å²) in [7, 11) is 0. The average Bonchev–Trinajstić information content (AvgIpc) is 2.62. The maximum absolute atomic E-state index is 9.62. The first kappa shape index (κ1) is 14.3. The fourth-order valence-electron chi connectivity index (χ4n) is 2.92. The minimum absolute atomic E-state index is 0.00307. The highest BCUT2D eigenvalue weighted by Gasteiger charge is 2.24. The summed E-state index contributed by atoms with van der Waals surface area (Å²) in [5, 5.41) is 19.2. The predicted molar refractivity (Wildman–Crippen MR) is 76.3 cm³/mol. The van der Waals surface area contributed by atoms with Crippen LogP contribution in [0.5, 0.6) is 0 Å². The fraction of sp³-hybridized carbons (Fsp3) is 0.667. The van der Waals surface area contributed by atoms with Gasteiger partial charge in [-0.15, -0.1) is 0 Å². The maximum atomic E-state index is 9.62. The molecule has 0 amide bonds. The number of hydrogen-bond acceptors (Lipinski definition) is 4. The molecule has 1 aliphatic heterocycles. The van der Waals surface area contributed by atoms with Gasteiger partial charge in [-0.25, -0.2) is 4.98 Å². The average molecular weight is 264 g/mol. The fourth-order valence-corrected chi connectivity index (χ4v) is 2.92. The van der Waals surface area contributed by atoms with E-state index >= 15 is 0 Å². The third-order valence-corrected chi connectivity index (χ3v) is 3.97. The summed E-state index contributed by atoms with van der Waals surface area (Å²) in [5.74, 6) is 0.862. The molecule has 1 aromatic heterocycles. The summed E-state index contributed by atoms with van der Waals surface area (Å²) in [4.78, 5) is 6.82. The lowest BCUT2D eigenvalue weighted by molar-refractivity contribution is 0.252. The van der Waals surface area contributed by atoms with Gasteiger partial charge in [-0.3, -0.25) is 0 Å². The van der Waals surface area contributed by atoms with Gasteiger partial charge in [0.25, 0.3) is 0 Å². The second kappa shape index (κ2) is 6.35. The van der Waals surface area contributed by atoms with Crippen molar-refractivity contribution < 1.29 is 10.2 Å². The number of aryl methyl sites for hydroxylation is 2. The normalized spacial score (nSPS) is 20.4. The molecule has 0 bridgehead atoms. The Morgan fingerprint density at radius 3 is 2.74 bits per heavy atom. The zero-order valence-corrected chi connectivity index (χ0v) is 11.9. The molecular weight excluding hydrogens is 240 g/mol. The van der Waals surface area contributed by atoms with Crippen LogP contribution >= 0.6 is 0 Å². The van der Waals surface area contributed by atoms with Crippen LogP contribution in [0, 0.1) is 13.8 Å². The summed E-state index contributed by atoms with van der Waals surface area (Å²) in [5.41, 5.74) is 2.93. The minimum Gasteiger partial charge on any atom is -0.394 e. The minimum atomic E-state index is 0.00307. The van der Waals surface area contributed by atoms with Crippen LogP contribution in [0.3, 0.4) is 0 Å². The van der Waals surface area contributed by atoms with Crippen LogP contribution in [0.2, 0.25) is 0 Å². The zero-order chi connectivity index (χ0) is 13.8. The van der Waals surface area contributed by atoms with Crippen molar-refractivity contribution in [1.82, 2.24) is 4.98 Å². The first-order valence-corrected chi connectivity index (χ1v) is 7.13. The van der Waals surface area contributed by atoms with E-state index in [0.717, 1.165) is 48.4 Å². The summed E-state index contributed by atoms with van der Waals surface area (Å²) in [6.45, 7) is 5.05. The van der Waals surface area contributed by atoms with E-state index in [-0.39, 0.29) is 19.3 Å². The molecule has 4 heteroatoms. The SMILES string of the molecule is Cc1cc(C)c(CO)c(N2CCCCCC2CO)n1. The summed E-state index contributed by atoms with van der Waals surface area (Å²) < 4.78 is 0. The van der Waals surface area contributed by atoms with Gasteiger partial charge in [0.15, 0.2) is 0 Å². The van der Waals surface area contributed by atoms with Crippen molar-refractivity contribution in [3.8, 4) is 0 Å². The Kier molecular flexibility index (Phi) is 4.77. The summed E-state index contributed by atoms with van der Waals surface area (Å²) >= 11 is 0. The number of aliphatic hydroxyl groups is 2. The Morgan fingerprint density at radius 2 is 2.05 bits per heavy atom. The lowest BCUT2D eigenvalue weighted by Crippen LogP contribution is -2.39. The number of anilines is 1. The third kappa shape index (κ3) is 3.07. The van der Waals surface area contributed by atoms with Gasteiger partial charge in [0.05, 0.1) is 19.3 Å². The molecule has 1 unspecified atom stereocenters. The van der Waals surface area contributed by atoms with E-state index in [4.69, 9.17) is 0 Å². The van der Waals surface area contributed by atoms with Crippen molar-refractivity contribution in [1.29, 1.82) is 0 Å². The Balaban J connectivity index is 2.42. The van der Waals surface area contributed by atoms with E-state index in [2.05, 4.69) is 9.88 Å². The van der Waals surface area contributed by atoms with E-state index in [9.17, 15) is 10.2 Å². The number of hydrogen-bond donors (Lipinski definition) is 2. The second-order valence-corrected chi connectivity index (χ2v) is 5.42.